The molecule has 1 N–H and O–H groups in total. The quantitative estimate of drug-likeness (QED) is 0.909. The molecule has 2 aromatic carbocycles. The number of carbonyl (C=O) groups is 1. The lowest BCUT2D eigenvalue weighted by Gasteiger charge is -2.20. The van der Waals surface area contributed by atoms with Crippen LogP contribution in [0, 0.1) is 0 Å². The number of nitrogens with zero attached hydrogens (tertiary/aromatic N) is 1. The van der Waals surface area contributed by atoms with Crippen LogP contribution in [0.15, 0.2) is 59.5 Å². The molecule has 0 bridgehead atoms. The van der Waals surface area contributed by atoms with Gasteiger partial charge in [0.1, 0.15) is 0 Å². The minimum Gasteiger partial charge on any atom is -0.322 e. The molecule has 1 aliphatic heterocycles. The highest BCUT2D eigenvalue weighted by Gasteiger charge is 2.25. The Balaban J connectivity index is 1.80. The van der Waals surface area contributed by atoms with Gasteiger partial charge < -0.3 is 5.32 Å². The summed E-state index contributed by atoms with van der Waals surface area (Å²) in [5.74, 6) is -0.259. The molecule has 0 aliphatic carbocycles. The first-order valence-electron chi connectivity index (χ1n) is 8.54. The van der Waals surface area contributed by atoms with Crippen LogP contribution in [0.1, 0.15) is 36.0 Å². The molecule has 3 rings (SSSR count). The lowest BCUT2D eigenvalue weighted by molar-refractivity contribution is 0.102. The van der Waals surface area contributed by atoms with Crippen molar-refractivity contribution in [3.63, 3.8) is 0 Å². The molecule has 2 aromatic rings. The third kappa shape index (κ3) is 4.27. The zero-order valence-electron chi connectivity index (χ0n) is 14.0. The fourth-order valence-corrected chi connectivity index (χ4v) is 4.52. The van der Waals surface area contributed by atoms with E-state index < -0.39 is 10.0 Å². The minimum atomic E-state index is -3.53. The fourth-order valence-electron chi connectivity index (χ4n) is 2.96. The SMILES string of the molecule is O=C(Nc1cccc(S(=O)(=O)N2CCCCCC2)c1)c1ccccc1. The van der Waals surface area contributed by atoms with E-state index in [2.05, 4.69) is 5.32 Å². The Labute approximate surface area is 148 Å². The predicted molar refractivity (Wildman–Crippen MR) is 98.1 cm³/mol. The first-order chi connectivity index (χ1) is 12.1. The van der Waals surface area contributed by atoms with Crippen LogP contribution in [0.4, 0.5) is 5.69 Å². The van der Waals surface area contributed by atoms with Gasteiger partial charge in [-0.05, 0) is 43.2 Å². The number of benzene rings is 2. The third-order valence-corrected chi connectivity index (χ3v) is 6.23. The highest BCUT2D eigenvalue weighted by Crippen LogP contribution is 2.23. The van der Waals surface area contributed by atoms with E-state index in [1.165, 1.54) is 6.07 Å². The Morgan fingerprint density at radius 1 is 0.880 bits per heavy atom. The maximum Gasteiger partial charge on any atom is 0.255 e. The van der Waals surface area contributed by atoms with Crippen molar-refractivity contribution in [2.24, 2.45) is 0 Å². The molecule has 1 heterocycles. The van der Waals surface area contributed by atoms with Gasteiger partial charge in [0.2, 0.25) is 10.0 Å². The summed E-state index contributed by atoms with van der Waals surface area (Å²) in [6.07, 6.45) is 3.92. The number of rotatable bonds is 4. The van der Waals surface area contributed by atoms with Gasteiger partial charge in [0, 0.05) is 24.3 Å². The van der Waals surface area contributed by atoms with Gasteiger partial charge in [0.25, 0.3) is 5.91 Å². The van der Waals surface area contributed by atoms with Crippen LogP contribution >= 0.6 is 0 Å². The first kappa shape index (κ1) is 17.6. The Bertz CT molecular complexity index is 827. The van der Waals surface area contributed by atoms with Gasteiger partial charge in [-0.2, -0.15) is 4.31 Å². The van der Waals surface area contributed by atoms with E-state index in [1.807, 2.05) is 6.07 Å². The van der Waals surface area contributed by atoms with E-state index in [0.29, 0.717) is 24.3 Å². The van der Waals surface area contributed by atoms with Crippen molar-refractivity contribution in [2.75, 3.05) is 18.4 Å². The lowest BCUT2D eigenvalue weighted by Crippen LogP contribution is -2.32. The van der Waals surface area contributed by atoms with Crippen LogP contribution in [0.2, 0.25) is 0 Å². The van der Waals surface area contributed by atoms with Crippen molar-refractivity contribution in [1.29, 1.82) is 0 Å². The summed E-state index contributed by atoms with van der Waals surface area (Å²) < 4.78 is 27.3. The van der Waals surface area contributed by atoms with Crippen LogP contribution < -0.4 is 5.32 Å². The van der Waals surface area contributed by atoms with E-state index in [1.54, 1.807) is 46.8 Å². The summed E-state index contributed by atoms with van der Waals surface area (Å²) in [6.45, 7) is 1.12. The predicted octanol–water partition coefficient (Wildman–Crippen LogP) is 3.50. The number of anilines is 1. The summed E-state index contributed by atoms with van der Waals surface area (Å²) in [6, 6.07) is 15.3. The second-order valence-electron chi connectivity index (χ2n) is 6.17. The van der Waals surface area contributed by atoms with E-state index in [4.69, 9.17) is 0 Å². The maximum atomic E-state index is 12.9. The van der Waals surface area contributed by atoms with Gasteiger partial charge in [0.15, 0.2) is 0 Å². The average molecular weight is 358 g/mol. The molecule has 0 atom stereocenters. The number of hydrogen-bond acceptors (Lipinski definition) is 3. The molecule has 25 heavy (non-hydrogen) atoms. The molecule has 1 aliphatic rings. The summed E-state index contributed by atoms with van der Waals surface area (Å²) >= 11 is 0. The van der Waals surface area contributed by atoms with E-state index in [9.17, 15) is 13.2 Å². The van der Waals surface area contributed by atoms with Gasteiger partial charge in [-0.25, -0.2) is 8.42 Å². The second-order valence-corrected chi connectivity index (χ2v) is 8.10. The van der Waals surface area contributed by atoms with Crippen LogP contribution in [0.5, 0.6) is 0 Å². The molecule has 0 aromatic heterocycles. The fraction of sp³-hybridized carbons (Fsp3) is 0.316. The molecule has 1 saturated heterocycles. The smallest absolute Gasteiger partial charge is 0.255 e. The van der Waals surface area contributed by atoms with Gasteiger partial charge >= 0.3 is 0 Å². The highest BCUT2D eigenvalue weighted by atomic mass is 32.2. The molecule has 0 unspecified atom stereocenters. The summed E-state index contributed by atoms with van der Waals surface area (Å²) in [5.41, 5.74) is 1.01. The number of amides is 1. The highest BCUT2D eigenvalue weighted by molar-refractivity contribution is 7.89. The number of sulfonamides is 1. The maximum absolute atomic E-state index is 12.9. The Kier molecular flexibility index (Phi) is 5.50. The van der Waals surface area contributed by atoms with Crippen molar-refractivity contribution in [1.82, 2.24) is 4.31 Å². The van der Waals surface area contributed by atoms with E-state index >= 15 is 0 Å². The van der Waals surface area contributed by atoms with Crippen LogP contribution in [-0.2, 0) is 10.0 Å². The van der Waals surface area contributed by atoms with Crippen molar-refractivity contribution >= 4 is 21.6 Å². The van der Waals surface area contributed by atoms with Crippen molar-refractivity contribution in [2.45, 2.75) is 30.6 Å². The van der Waals surface area contributed by atoms with E-state index in [0.717, 1.165) is 25.7 Å². The van der Waals surface area contributed by atoms with Gasteiger partial charge in [-0.3, -0.25) is 4.79 Å². The summed E-state index contributed by atoms with van der Waals surface area (Å²) in [7, 11) is -3.53. The molecule has 1 amide bonds. The molecule has 0 radical (unpaired) electrons. The summed E-state index contributed by atoms with van der Waals surface area (Å²) in [4.78, 5) is 12.5. The lowest BCUT2D eigenvalue weighted by atomic mass is 10.2. The molecular formula is C19H22N2O3S. The van der Waals surface area contributed by atoms with Crippen LogP contribution in [-0.4, -0.2) is 31.7 Å². The standard InChI is InChI=1S/C19H22N2O3S/c22-19(16-9-4-3-5-10-16)20-17-11-8-12-18(15-17)25(23,24)21-13-6-1-2-7-14-21/h3-5,8-12,15H,1-2,6-7,13-14H2,(H,20,22). The Morgan fingerprint density at radius 3 is 2.24 bits per heavy atom. The molecular weight excluding hydrogens is 336 g/mol. The zero-order valence-corrected chi connectivity index (χ0v) is 14.8. The molecule has 132 valence electrons. The van der Waals surface area contributed by atoms with Gasteiger partial charge in [-0.1, -0.05) is 37.1 Å². The number of carbonyl (C=O) groups excluding carboxylic acids is 1. The Hall–Kier alpha value is -2.18. The van der Waals surface area contributed by atoms with Crippen molar-refractivity contribution in [3.05, 3.63) is 60.2 Å². The number of nitrogens with one attached hydrogen (secondary N) is 1. The van der Waals surface area contributed by atoms with Crippen molar-refractivity contribution < 1.29 is 13.2 Å². The topological polar surface area (TPSA) is 66.5 Å². The molecule has 0 spiro atoms. The number of hydrogen-bond donors (Lipinski definition) is 1. The third-order valence-electron chi connectivity index (χ3n) is 4.33. The average Bonchev–Trinajstić information content (AvgIpc) is 2.93. The van der Waals surface area contributed by atoms with Crippen molar-refractivity contribution in [3.8, 4) is 0 Å². The molecule has 6 heteroatoms. The van der Waals surface area contributed by atoms with E-state index in [-0.39, 0.29) is 10.8 Å². The minimum absolute atomic E-state index is 0.222. The first-order valence-corrected chi connectivity index (χ1v) is 9.98. The molecule has 1 fully saturated rings. The van der Waals surface area contributed by atoms with Gasteiger partial charge in [-0.15, -0.1) is 0 Å². The molecule has 0 saturated carbocycles. The van der Waals surface area contributed by atoms with Crippen LogP contribution in [0.25, 0.3) is 0 Å². The van der Waals surface area contributed by atoms with Crippen LogP contribution in [0.3, 0.4) is 0 Å². The zero-order chi connectivity index (χ0) is 17.7. The second kappa shape index (κ2) is 7.80. The largest absolute Gasteiger partial charge is 0.322 e. The van der Waals surface area contributed by atoms with Gasteiger partial charge in [0.05, 0.1) is 4.90 Å². The molecule has 5 nitrogen and oxygen atoms in total. The monoisotopic (exact) mass is 358 g/mol. The summed E-state index contributed by atoms with van der Waals surface area (Å²) in [5, 5.41) is 2.76. The Morgan fingerprint density at radius 2 is 1.56 bits per heavy atom. The normalized spacial score (nSPS) is 16.2.